The van der Waals surface area contributed by atoms with Gasteiger partial charge in [-0.1, -0.05) is 0 Å². The molecule has 1 aliphatic heterocycles. The van der Waals surface area contributed by atoms with Crippen molar-refractivity contribution in [3.63, 3.8) is 0 Å². The third-order valence-electron chi connectivity index (χ3n) is 4.20. The molecular formula is C16H22N2O4S. The summed E-state index contributed by atoms with van der Waals surface area (Å²) in [5.74, 6) is 0.534. The van der Waals surface area contributed by atoms with Crippen LogP contribution < -0.4 is 14.4 Å². The number of nitrogens with one attached hydrogen (secondary N) is 1. The molecule has 1 saturated carbocycles. The van der Waals surface area contributed by atoms with Crippen LogP contribution in [-0.2, 0) is 14.8 Å². The first-order valence-corrected chi connectivity index (χ1v) is 9.40. The third-order valence-corrected chi connectivity index (χ3v) is 6.07. The first-order chi connectivity index (χ1) is 10.7. The summed E-state index contributed by atoms with van der Waals surface area (Å²) in [6.07, 6.45) is 1.42. The molecule has 7 heteroatoms. The summed E-state index contributed by atoms with van der Waals surface area (Å²) in [4.78, 5) is 14.3. The summed E-state index contributed by atoms with van der Waals surface area (Å²) in [6.45, 7) is 6.40. The fourth-order valence-electron chi connectivity index (χ4n) is 2.65. The van der Waals surface area contributed by atoms with Crippen molar-refractivity contribution >= 4 is 27.3 Å². The van der Waals surface area contributed by atoms with Gasteiger partial charge in [0, 0.05) is 12.6 Å². The Kier molecular flexibility index (Phi) is 3.78. The maximum absolute atomic E-state index is 12.6. The standard InChI is InChI=1S/C16H22N2O4S/c1-4-18-13-8-5-11(17-23(20,21)12-6-7-12)9-14(13)22-10-16(2,3)15(18)19/h5,8-9,12,17H,4,6-7,10H2,1-3H3. The molecule has 23 heavy (non-hydrogen) atoms. The average Bonchev–Trinajstić information content (AvgIpc) is 3.31. The molecule has 0 spiro atoms. The van der Waals surface area contributed by atoms with Crippen LogP contribution in [0.25, 0.3) is 0 Å². The molecule has 2 aliphatic rings. The zero-order valence-electron chi connectivity index (χ0n) is 13.6. The monoisotopic (exact) mass is 338 g/mol. The second-order valence-electron chi connectivity index (χ2n) is 6.75. The maximum atomic E-state index is 12.6. The van der Waals surface area contributed by atoms with Gasteiger partial charge in [-0.3, -0.25) is 9.52 Å². The van der Waals surface area contributed by atoms with Crippen molar-refractivity contribution in [2.24, 2.45) is 5.41 Å². The number of nitrogens with zero attached hydrogens (tertiary/aromatic N) is 1. The number of ether oxygens (including phenoxy) is 1. The van der Waals surface area contributed by atoms with Gasteiger partial charge >= 0.3 is 0 Å². The van der Waals surface area contributed by atoms with Crippen LogP contribution in [0.15, 0.2) is 18.2 Å². The summed E-state index contributed by atoms with van der Waals surface area (Å²) < 4.78 is 32.5. The Morgan fingerprint density at radius 1 is 1.35 bits per heavy atom. The Labute approximate surface area is 136 Å². The molecule has 0 radical (unpaired) electrons. The van der Waals surface area contributed by atoms with Crippen LogP contribution in [0.2, 0.25) is 0 Å². The normalized spacial score (nSPS) is 20.5. The largest absolute Gasteiger partial charge is 0.490 e. The number of sulfonamides is 1. The molecule has 1 aromatic rings. The lowest BCUT2D eigenvalue weighted by atomic mass is 9.93. The maximum Gasteiger partial charge on any atom is 0.236 e. The van der Waals surface area contributed by atoms with Crippen molar-refractivity contribution in [1.82, 2.24) is 0 Å². The van der Waals surface area contributed by atoms with Gasteiger partial charge in [-0.2, -0.15) is 0 Å². The quantitative estimate of drug-likeness (QED) is 0.914. The zero-order valence-corrected chi connectivity index (χ0v) is 14.4. The number of anilines is 2. The van der Waals surface area contributed by atoms with E-state index >= 15 is 0 Å². The van der Waals surface area contributed by atoms with Crippen LogP contribution >= 0.6 is 0 Å². The van der Waals surface area contributed by atoms with Gasteiger partial charge in [-0.05, 0) is 45.7 Å². The minimum absolute atomic E-state index is 0.00469. The predicted molar refractivity (Wildman–Crippen MR) is 89.3 cm³/mol. The Hall–Kier alpha value is -1.76. The van der Waals surface area contributed by atoms with Crippen molar-refractivity contribution in [1.29, 1.82) is 0 Å². The first kappa shape index (κ1) is 16.1. The van der Waals surface area contributed by atoms with E-state index in [-0.39, 0.29) is 17.8 Å². The predicted octanol–water partition coefficient (Wildman–Crippen LogP) is 2.36. The number of hydrogen-bond acceptors (Lipinski definition) is 4. The molecule has 1 heterocycles. The molecule has 0 unspecified atom stereocenters. The summed E-state index contributed by atoms with van der Waals surface area (Å²) in [5, 5.41) is -0.283. The second-order valence-corrected chi connectivity index (χ2v) is 8.71. The van der Waals surface area contributed by atoms with E-state index in [0.717, 1.165) is 0 Å². The number of carbonyl (C=O) groups excluding carboxylic acids is 1. The molecule has 1 aliphatic carbocycles. The fraction of sp³-hybridized carbons (Fsp3) is 0.562. The lowest BCUT2D eigenvalue weighted by Gasteiger charge is -2.26. The second kappa shape index (κ2) is 5.40. The van der Waals surface area contributed by atoms with Gasteiger partial charge in [-0.25, -0.2) is 8.42 Å². The molecule has 1 fully saturated rings. The number of benzene rings is 1. The molecule has 3 rings (SSSR count). The smallest absolute Gasteiger partial charge is 0.236 e. The van der Waals surface area contributed by atoms with Gasteiger partial charge < -0.3 is 9.64 Å². The molecular weight excluding hydrogens is 316 g/mol. The van der Waals surface area contributed by atoms with Gasteiger partial charge in [0.2, 0.25) is 15.9 Å². The molecule has 126 valence electrons. The van der Waals surface area contributed by atoms with E-state index < -0.39 is 15.4 Å². The van der Waals surface area contributed by atoms with E-state index in [1.165, 1.54) is 0 Å². The third kappa shape index (κ3) is 3.02. The van der Waals surface area contributed by atoms with Gasteiger partial charge in [0.05, 0.1) is 22.0 Å². The number of amides is 1. The summed E-state index contributed by atoms with van der Waals surface area (Å²) >= 11 is 0. The van der Waals surface area contributed by atoms with E-state index in [2.05, 4.69) is 4.72 Å². The Morgan fingerprint density at radius 2 is 2.04 bits per heavy atom. The van der Waals surface area contributed by atoms with E-state index in [1.807, 2.05) is 20.8 Å². The Morgan fingerprint density at radius 3 is 2.65 bits per heavy atom. The number of fused-ring (bicyclic) bond motifs is 1. The van der Waals surface area contributed by atoms with Crippen molar-refractivity contribution in [2.45, 2.75) is 38.9 Å². The molecule has 1 amide bonds. The van der Waals surface area contributed by atoms with Crippen molar-refractivity contribution in [3.8, 4) is 5.75 Å². The molecule has 0 bridgehead atoms. The van der Waals surface area contributed by atoms with Crippen LogP contribution in [-0.4, -0.2) is 32.7 Å². The van der Waals surface area contributed by atoms with Gasteiger partial charge in [0.1, 0.15) is 12.4 Å². The highest BCUT2D eigenvalue weighted by molar-refractivity contribution is 7.93. The minimum Gasteiger partial charge on any atom is -0.490 e. The average molecular weight is 338 g/mol. The Balaban J connectivity index is 1.94. The highest BCUT2D eigenvalue weighted by Crippen LogP contribution is 2.39. The molecule has 0 atom stereocenters. The zero-order chi connectivity index (χ0) is 16.8. The van der Waals surface area contributed by atoms with E-state index in [4.69, 9.17) is 4.74 Å². The highest BCUT2D eigenvalue weighted by Gasteiger charge is 2.38. The number of hydrogen-bond donors (Lipinski definition) is 1. The first-order valence-electron chi connectivity index (χ1n) is 7.85. The Bertz CT molecular complexity index is 738. The topological polar surface area (TPSA) is 75.7 Å². The number of rotatable bonds is 4. The lowest BCUT2D eigenvalue weighted by Crippen LogP contribution is -2.42. The molecule has 0 saturated heterocycles. The van der Waals surface area contributed by atoms with Crippen LogP contribution in [0.3, 0.4) is 0 Å². The summed E-state index contributed by atoms with van der Waals surface area (Å²) in [5.41, 5.74) is 0.527. The van der Waals surface area contributed by atoms with Crippen LogP contribution in [0.4, 0.5) is 11.4 Å². The molecule has 1 aromatic carbocycles. The SMILES string of the molecule is CCN1C(=O)C(C)(C)COc2cc(NS(=O)(=O)C3CC3)ccc21. The van der Waals surface area contributed by atoms with Crippen molar-refractivity contribution < 1.29 is 17.9 Å². The molecule has 6 nitrogen and oxygen atoms in total. The van der Waals surface area contributed by atoms with Crippen molar-refractivity contribution in [3.05, 3.63) is 18.2 Å². The van der Waals surface area contributed by atoms with Crippen LogP contribution in [0.1, 0.15) is 33.6 Å². The summed E-state index contributed by atoms with van der Waals surface area (Å²) in [7, 11) is -3.31. The van der Waals surface area contributed by atoms with Crippen LogP contribution in [0, 0.1) is 5.41 Å². The summed E-state index contributed by atoms with van der Waals surface area (Å²) in [6, 6.07) is 5.08. The minimum atomic E-state index is -3.31. The van der Waals surface area contributed by atoms with Gasteiger partial charge in [-0.15, -0.1) is 0 Å². The van der Waals surface area contributed by atoms with E-state index in [1.54, 1.807) is 23.1 Å². The van der Waals surface area contributed by atoms with Crippen LogP contribution in [0.5, 0.6) is 5.75 Å². The molecule has 0 aromatic heterocycles. The molecule has 1 N–H and O–H groups in total. The fourth-order valence-corrected chi connectivity index (χ4v) is 4.03. The lowest BCUT2D eigenvalue weighted by molar-refractivity contribution is -0.127. The van der Waals surface area contributed by atoms with E-state index in [9.17, 15) is 13.2 Å². The van der Waals surface area contributed by atoms with E-state index in [0.29, 0.717) is 36.5 Å². The highest BCUT2D eigenvalue weighted by atomic mass is 32.2. The van der Waals surface area contributed by atoms with Crippen molar-refractivity contribution in [2.75, 3.05) is 22.8 Å². The van der Waals surface area contributed by atoms with Gasteiger partial charge in [0.15, 0.2) is 0 Å². The van der Waals surface area contributed by atoms with Gasteiger partial charge in [0.25, 0.3) is 0 Å². The number of carbonyl (C=O) groups is 1.